The summed E-state index contributed by atoms with van der Waals surface area (Å²) in [6, 6.07) is 0. The van der Waals surface area contributed by atoms with Crippen molar-refractivity contribution in [2.75, 3.05) is 25.2 Å². The number of aliphatic hydroxyl groups excluding tert-OH is 1. The van der Waals surface area contributed by atoms with E-state index in [2.05, 4.69) is 15.0 Å². The molecule has 0 amide bonds. The maximum Gasteiger partial charge on any atom is 0.165 e. The topological polar surface area (TPSA) is 107 Å². The van der Waals surface area contributed by atoms with Gasteiger partial charge in [0, 0.05) is 12.7 Å². The largest absolute Gasteiger partial charge is 0.393 e. The third-order valence-electron chi connectivity index (χ3n) is 2.78. The molecule has 0 unspecified atom stereocenters. The zero-order valence-electron chi connectivity index (χ0n) is 11.0. The highest BCUT2D eigenvalue weighted by Gasteiger charge is 2.15. The summed E-state index contributed by atoms with van der Waals surface area (Å²) in [5, 5.41) is 9.85. The Morgan fingerprint density at radius 2 is 2.16 bits per heavy atom. The number of aromatic nitrogens is 4. The van der Waals surface area contributed by atoms with Crippen LogP contribution in [-0.2, 0) is 11.1 Å². The second-order valence-corrected chi connectivity index (χ2v) is 8.58. The Kier molecular flexibility index (Phi) is 3.87. The summed E-state index contributed by atoms with van der Waals surface area (Å²) in [4.78, 5) is 12.1. The first-order chi connectivity index (χ1) is 8.87. The van der Waals surface area contributed by atoms with E-state index in [0.717, 1.165) is 0 Å². The third kappa shape index (κ3) is 3.52. The van der Waals surface area contributed by atoms with E-state index in [1.54, 1.807) is 19.7 Å². The van der Waals surface area contributed by atoms with Crippen LogP contribution in [0.15, 0.2) is 12.7 Å². The fourth-order valence-electron chi connectivity index (χ4n) is 1.95. The van der Waals surface area contributed by atoms with E-state index in [0.29, 0.717) is 36.1 Å². The van der Waals surface area contributed by atoms with E-state index in [-0.39, 0.29) is 0 Å². The molecule has 0 saturated heterocycles. The number of rotatable bonds is 5. The van der Waals surface area contributed by atoms with Crippen molar-refractivity contribution in [2.24, 2.45) is 0 Å². The zero-order chi connectivity index (χ0) is 14.0. The number of hydrogen-bond acceptors (Lipinski definition) is 6. The molecule has 0 radical (unpaired) electrons. The first kappa shape index (κ1) is 14.0. The molecule has 0 aliphatic rings. The Morgan fingerprint density at radius 3 is 2.84 bits per heavy atom. The van der Waals surface area contributed by atoms with Crippen LogP contribution in [0.4, 0.5) is 5.82 Å². The quantitative estimate of drug-likeness (QED) is 0.785. The minimum Gasteiger partial charge on any atom is -0.393 e. The predicted molar refractivity (Wildman–Crippen MR) is 74.7 cm³/mol. The average Bonchev–Trinajstić information content (AvgIpc) is 2.69. The SMILES string of the molecule is CP(C)(=O)C[C@@H](O)CCn1cnc2c(N)ncnc21. The fourth-order valence-corrected chi connectivity index (χ4v) is 3.15. The molecule has 0 spiro atoms. The van der Waals surface area contributed by atoms with Gasteiger partial charge in [0.25, 0.3) is 0 Å². The Balaban J connectivity index is 2.06. The van der Waals surface area contributed by atoms with E-state index < -0.39 is 13.2 Å². The second kappa shape index (κ2) is 5.27. The minimum absolute atomic E-state index is 0.330. The van der Waals surface area contributed by atoms with Crippen LogP contribution in [0.25, 0.3) is 11.2 Å². The van der Waals surface area contributed by atoms with Crippen LogP contribution in [0.5, 0.6) is 0 Å². The molecule has 0 aromatic carbocycles. The highest BCUT2D eigenvalue weighted by molar-refractivity contribution is 7.62. The summed E-state index contributed by atoms with van der Waals surface area (Å²) in [5.74, 6) is 0.343. The fraction of sp³-hybridized carbons (Fsp3) is 0.545. The van der Waals surface area contributed by atoms with Crippen LogP contribution in [0.2, 0.25) is 0 Å². The molecule has 2 heterocycles. The molecule has 3 N–H and O–H groups in total. The Bertz CT molecular complexity index is 621. The molecule has 1 atom stereocenters. The van der Waals surface area contributed by atoms with Crippen molar-refractivity contribution >= 4 is 24.1 Å². The summed E-state index contributed by atoms with van der Waals surface area (Å²) in [6.45, 7) is 3.90. The van der Waals surface area contributed by atoms with E-state index in [4.69, 9.17) is 5.73 Å². The molecule has 104 valence electrons. The van der Waals surface area contributed by atoms with Gasteiger partial charge in [-0.15, -0.1) is 0 Å². The molecule has 2 aromatic heterocycles. The average molecular weight is 283 g/mol. The lowest BCUT2D eigenvalue weighted by Gasteiger charge is -2.13. The Morgan fingerprint density at radius 1 is 1.42 bits per heavy atom. The number of nitrogen functional groups attached to an aromatic ring is 1. The highest BCUT2D eigenvalue weighted by atomic mass is 31.2. The van der Waals surface area contributed by atoms with Gasteiger partial charge in [-0.2, -0.15) is 0 Å². The highest BCUT2D eigenvalue weighted by Crippen LogP contribution is 2.36. The van der Waals surface area contributed by atoms with Crippen LogP contribution in [-0.4, -0.2) is 50.2 Å². The second-order valence-electron chi connectivity index (χ2n) is 5.07. The van der Waals surface area contributed by atoms with Gasteiger partial charge in [-0.25, -0.2) is 15.0 Å². The van der Waals surface area contributed by atoms with E-state index >= 15 is 0 Å². The summed E-state index contributed by atoms with van der Waals surface area (Å²) in [5.41, 5.74) is 6.91. The van der Waals surface area contributed by atoms with Crippen molar-refractivity contribution in [3.63, 3.8) is 0 Å². The van der Waals surface area contributed by atoms with Gasteiger partial charge in [0.1, 0.15) is 11.8 Å². The number of imidazole rings is 1. The van der Waals surface area contributed by atoms with Crippen LogP contribution < -0.4 is 5.73 Å². The number of anilines is 1. The summed E-state index contributed by atoms with van der Waals surface area (Å²) in [6.07, 6.45) is 3.26. The normalized spacial score (nSPS) is 13.8. The molecule has 8 heteroatoms. The molecule has 0 aliphatic carbocycles. The number of aryl methyl sites for hydroxylation is 1. The monoisotopic (exact) mass is 283 g/mol. The number of aliphatic hydroxyl groups is 1. The van der Waals surface area contributed by atoms with Gasteiger partial charge in [-0.05, 0) is 19.8 Å². The van der Waals surface area contributed by atoms with E-state index in [9.17, 15) is 9.67 Å². The van der Waals surface area contributed by atoms with Crippen molar-refractivity contribution in [3.05, 3.63) is 12.7 Å². The van der Waals surface area contributed by atoms with Crippen LogP contribution in [0.3, 0.4) is 0 Å². The third-order valence-corrected chi connectivity index (χ3v) is 4.08. The number of nitrogens with two attached hydrogens (primary N) is 1. The van der Waals surface area contributed by atoms with Crippen molar-refractivity contribution in [1.29, 1.82) is 0 Å². The van der Waals surface area contributed by atoms with Crippen LogP contribution in [0.1, 0.15) is 6.42 Å². The van der Waals surface area contributed by atoms with Gasteiger partial charge in [0.15, 0.2) is 11.5 Å². The first-order valence-corrected chi connectivity index (χ1v) is 8.79. The summed E-state index contributed by atoms with van der Waals surface area (Å²) in [7, 11) is -2.20. The van der Waals surface area contributed by atoms with E-state index in [1.165, 1.54) is 6.33 Å². The first-order valence-electron chi connectivity index (χ1n) is 6.00. The molecular weight excluding hydrogens is 265 g/mol. The van der Waals surface area contributed by atoms with Gasteiger partial charge in [0.2, 0.25) is 0 Å². The number of hydrogen-bond donors (Lipinski definition) is 2. The zero-order valence-corrected chi connectivity index (χ0v) is 11.9. The molecule has 0 fully saturated rings. The maximum absolute atomic E-state index is 11.6. The Labute approximate surface area is 111 Å². The molecule has 7 nitrogen and oxygen atoms in total. The number of fused-ring (bicyclic) bond motifs is 1. The van der Waals surface area contributed by atoms with Crippen molar-refractivity contribution in [1.82, 2.24) is 19.5 Å². The molecule has 2 rings (SSSR count). The van der Waals surface area contributed by atoms with Gasteiger partial charge >= 0.3 is 0 Å². The van der Waals surface area contributed by atoms with Gasteiger partial charge in [0.05, 0.1) is 19.6 Å². The molecule has 0 saturated carbocycles. The van der Waals surface area contributed by atoms with Gasteiger partial charge in [-0.3, -0.25) is 0 Å². The smallest absolute Gasteiger partial charge is 0.165 e. The molecule has 19 heavy (non-hydrogen) atoms. The standard InChI is InChI=1S/C11H18N5O2P/c1-19(2,18)5-8(17)3-4-16-7-15-9-10(12)13-6-14-11(9)16/h6-8,17H,3-5H2,1-2H3,(H2,12,13,14)/t8-/m0/s1. The number of nitrogens with zero attached hydrogens (tertiary/aromatic N) is 4. The lowest BCUT2D eigenvalue weighted by Crippen LogP contribution is -2.15. The maximum atomic E-state index is 11.6. The molecular formula is C11H18N5O2P. The molecule has 0 bridgehead atoms. The van der Waals surface area contributed by atoms with Crippen molar-refractivity contribution < 1.29 is 9.67 Å². The van der Waals surface area contributed by atoms with Crippen LogP contribution in [0, 0.1) is 0 Å². The van der Waals surface area contributed by atoms with Crippen molar-refractivity contribution in [3.8, 4) is 0 Å². The lowest BCUT2D eigenvalue weighted by molar-refractivity contribution is 0.180. The van der Waals surface area contributed by atoms with Crippen LogP contribution >= 0.6 is 7.14 Å². The summed E-state index contributed by atoms with van der Waals surface area (Å²) < 4.78 is 13.4. The Hall–Kier alpha value is -1.46. The lowest BCUT2D eigenvalue weighted by atomic mass is 10.3. The van der Waals surface area contributed by atoms with E-state index in [1.807, 2.05) is 4.57 Å². The molecule has 2 aromatic rings. The summed E-state index contributed by atoms with van der Waals surface area (Å²) >= 11 is 0. The predicted octanol–water partition coefficient (Wildman–Crippen LogP) is 0.782. The minimum atomic E-state index is -2.20. The molecule has 0 aliphatic heterocycles. The van der Waals surface area contributed by atoms with Gasteiger partial charge in [-0.1, -0.05) is 0 Å². The van der Waals surface area contributed by atoms with Gasteiger partial charge < -0.3 is 20.0 Å². The van der Waals surface area contributed by atoms with Crippen molar-refractivity contribution in [2.45, 2.75) is 19.1 Å².